The van der Waals surface area contributed by atoms with Gasteiger partial charge in [-0.3, -0.25) is 14.4 Å². The van der Waals surface area contributed by atoms with Gasteiger partial charge in [0.1, 0.15) is 12.6 Å². The number of hydrogen-bond donors (Lipinski definition) is 1. The third-order valence-electron chi connectivity index (χ3n) is 3.93. The summed E-state index contributed by atoms with van der Waals surface area (Å²) in [6.07, 6.45) is 1.19. The summed E-state index contributed by atoms with van der Waals surface area (Å²) in [5.74, 6) is -1.76. The minimum atomic E-state index is -1.08. The highest BCUT2D eigenvalue weighted by Crippen LogP contribution is 2.25. The number of likely N-dealkylation sites (N-methyl/N-ethyl adjacent to an activating group) is 1. The van der Waals surface area contributed by atoms with Crippen LogP contribution in [0.5, 0.6) is 0 Å². The molecule has 0 aromatic heterocycles. The van der Waals surface area contributed by atoms with E-state index in [4.69, 9.17) is 28.3 Å². The average molecular weight is 373 g/mol. The van der Waals surface area contributed by atoms with Gasteiger partial charge in [-0.2, -0.15) is 0 Å². The standard InChI is InChI=1S/C16H18Cl2N2O4/c1-2-19(9-14(21)22)16(24)13-4-3-5-20(13)15(23)10-6-11(17)8-12(18)7-10/h6-8,13H,2-5,9H2,1H3,(H,21,22). The summed E-state index contributed by atoms with van der Waals surface area (Å²) in [7, 11) is 0. The lowest BCUT2D eigenvalue weighted by molar-refractivity contribution is -0.146. The zero-order chi connectivity index (χ0) is 17.9. The van der Waals surface area contributed by atoms with Crippen LogP contribution in [-0.2, 0) is 9.59 Å². The van der Waals surface area contributed by atoms with Crippen LogP contribution >= 0.6 is 23.2 Å². The number of aliphatic carboxylic acids is 1. The van der Waals surface area contributed by atoms with Crippen LogP contribution in [0.2, 0.25) is 10.0 Å². The van der Waals surface area contributed by atoms with Crippen molar-refractivity contribution in [1.29, 1.82) is 0 Å². The van der Waals surface area contributed by atoms with Crippen LogP contribution in [0.3, 0.4) is 0 Å². The molecule has 1 N–H and O–H groups in total. The van der Waals surface area contributed by atoms with Crippen LogP contribution in [0, 0.1) is 0 Å². The van der Waals surface area contributed by atoms with E-state index < -0.39 is 12.0 Å². The molecule has 130 valence electrons. The predicted molar refractivity (Wildman–Crippen MR) is 90.4 cm³/mol. The molecule has 2 amide bonds. The van der Waals surface area contributed by atoms with E-state index in [9.17, 15) is 14.4 Å². The van der Waals surface area contributed by atoms with Crippen molar-refractivity contribution in [3.8, 4) is 0 Å². The Morgan fingerprint density at radius 3 is 2.42 bits per heavy atom. The summed E-state index contributed by atoms with van der Waals surface area (Å²) in [5.41, 5.74) is 0.313. The first-order valence-electron chi connectivity index (χ1n) is 7.61. The third-order valence-corrected chi connectivity index (χ3v) is 4.36. The van der Waals surface area contributed by atoms with Gasteiger partial charge in [-0.05, 0) is 38.0 Å². The minimum Gasteiger partial charge on any atom is -0.480 e. The largest absolute Gasteiger partial charge is 0.480 e. The molecule has 1 aliphatic rings. The van der Waals surface area contributed by atoms with Crippen molar-refractivity contribution >= 4 is 41.0 Å². The maximum atomic E-state index is 12.7. The quantitative estimate of drug-likeness (QED) is 0.861. The van der Waals surface area contributed by atoms with Crippen molar-refractivity contribution in [1.82, 2.24) is 9.80 Å². The highest BCUT2D eigenvalue weighted by Gasteiger charge is 2.37. The number of likely N-dealkylation sites (tertiary alicyclic amines) is 1. The van der Waals surface area contributed by atoms with Crippen molar-refractivity contribution in [2.24, 2.45) is 0 Å². The van der Waals surface area contributed by atoms with E-state index in [1.165, 1.54) is 28.0 Å². The monoisotopic (exact) mass is 372 g/mol. The number of amides is 2. The first-order valence-corrected chi connectivity index (χ1v) is 8.36. The Hall–Kier alpha value is -1.79. The molecule has 6 nitrogen and oxygen atoms in total. The van der Waals surface area contributed by atoms with Crippen molar-refractivity contribution in [3.63, 3.8) is 0 Å². The van der Waals surface area contributed by atoms with Gasteiger partial charge < -0.3 is 14.9 Å². The maximum Gasteiger partial charge on any atom is 0.323 e. The SMILES string of the molecule is CCN(CC(=O)O)C(=O)C1CCCN1C(=O)c1cc(Cl)cc(Cl)c1. The Labute approximate surface area is 149 Å². The Bertz CT molecular complexity index is 645. The molecule has 1 aromatic rings. The molecule has 8 heteroatoms. The Morgan fingerprint density at radius 2 is 1.88 bits per heavy atom. The van der Waals surface area contributed by atoms with E-state index in [0.29, 0.717) is 35.0 Å². The molecule has 1 aromatic carbocycles. The number of benzene rings is 1. The highest BCUT2D eigenvalue weighted by molar-refractivity contribution is 6.35. The molecule has 1 aliphatic heterocycles. The number of rotatable bonds is 5. The van der Waals surface area contributed by atoms with Gasteiger partial charge in [0.25, 0.3) is 5.91 Å². The average Bonchev–Trinajstić information content (AvgIpc) is 2.99. The number of carboxylic acids is 1. The van der Waals surface area contributed by atoms with E-state index in [2.05, 4.69) is 0 Å². The summed E-state index contributed by atoms with van der Waals surface area (Å²) in [5, 5.41) is 9.60. The fourth-order valence-corrected chi connectivity index (χ4v) is 3.36. The summed E-state index contributed by atoms with van der Waals surface area (Å²) in [4.78, 5) is 38.9. The first-order chi connectivity index (χ1) is 11.3. The van der Waals surface area contributed by atoms with Gasteiger partial charge in [-0.15, -0.1) is 0 Å². The van der Waals surface area contributed by atoms with E-state index >= 15 is 0 Å². The lowest BCUT2D eigenvalue weighted by Gasteiger charge is -2.29. The second-order valence-electron chi connectivity index (χ2n) is 5.56. The van der Waals surface area contributed by atoms with Crippen LogP contribution in [0.25, 0.3) is 0 Å². The summed E-state index contributed by atoms with van der Waals surface area (Å²) >= 11 is 11.9. The molecule has 24 heavy (non-hydrogen) atoms. The fourth-order valence-electron chi connectivity index (χ4n) is 2.83. The number of carbonyl (C=O) groups excluding carboxylic acids is 2. The highest BCUT2D eigenvalue weighted by atomic mass is 35.5. The smallest absolute Gasteiger partial charge is 0.323 e. The van der Waals surface area contributed by atoms with E-state index in [1.54, 1.807) is 6.92 Å². The van der Waals surface area contributed by atoms with Crippen molar-refractivity contribution in [2.45, 2.75) is 25.8 Å². The van der Waals surface area contributed by atoms with Crippen LogP contribution in [0.1, 0.15) is 30.1 Å². The summed E-state index contributed by atoms with van der Waals surface area (Å²) in [6, 6.07) is 3.88. The van der Waals surface area contributed by atoms with Crippen LogP contribution in [0.15, 0.2) is 18.2 Å². The van der Waals surface area contributed by atoms with Crippen molar-refractivity contribution in [3.05, 3.63) is 33.8 Å². The predicted octanol–water partition coefficient (Wildman–Crippen LogP) is 2.53. The summed E-state index contributed by atoms with van der Waals surface area (Å²) < 4.78 is 0. The molecular formula is C16H18Cl2N2O4. The van der Waals surface area contributed by atoms with Crippen molar-refractivity contribution < 1.29 is 19.5 Å². The molecule has 0 bridgehead atoms. The molecule has 0 saturated carbocycles. The molecule has 1 saturated heterocycles. The lowest BCUT2D eigenvalue weighted by Crippen LogP contribution is -2.49. The zero-order valence-electron chi connectivity index (χ0n) is 13.2. The second-order valence-corrected chi connectivity index (χ2v) is 6.43. The van der Waals surface area contributed by atoms with Crippen LogP contribution in [0.4, 0.5) is 0 Å². The van der Waals surface area contributed by atoms with Crippen molar-refractivity contribution in [2.75, 3.05) is 19.6 Å². The molecule has 1 fully saturated rings. The van der Waals surface area contributed by atoms with Gasteiger partial charge in [0.05, 0.1) is 0 Å². The number of halogens is 2. The minimum absolute atomic E-state index is 0.270. The Morgan fingerprint density at radius 1 is 1.25 bits per heavy atom. The Balaban J connectivity index is 2.21. The second kappa shape index (κ2) is 7.85. The van der Waals surface area contributed by atoms with E-state index in [1.807, 2.05) is 0 Å². The van der Waals surface area contributed by atoms with Gasteiger partial charge in [-0.1, -0.05) is 23.2 Å². The number of carbonyl (C=O) groups is 3. The van der Waals surface area contributed by atoms with Crippen LogP contribution < -0.4 is 0 Å². The Kier molecular flexibility index (Phi) is 6.07. The molecule has 1 atom stereocenters. The molecular weight excluding hydrogens is 355 g/mol. The van der Waals surface area contributed by atoms with E-state index in [-0.39, 0.29) is 24.9 Å². The molecule has 1 unspecified atom stereocenters. The lowest BCUT2D eigenvalue weighted by atomic mass is 10.1. The zero-order valence-corrected chi connectivity index (χ0v) is 14.7. The first kappa shape index (κ1) is 18.5. The number of carboxylic acid groups (broad SMARTS) is 1. The molecule has 0 aliphatic carbocycles. The summed E-state index contributed by atoms with van der Waals surface area (Å²) in [6.45, 7) is 2.03. The van der Waals surface area contributed by atoms with Gasteiger partial charge in [0.15, 0.2) is 0 Å². The topological polar surface area (TPSA) is 77.9 Å². The molecule has 2 rings (SSSR count). The molecule has 1 heterocycles. The van der Waals surface area contributed by atoms with Gasteiger partial charge in [-0.25, -0.2) is 0 Å². The molecule has 0 radical (unpaired) electrons. The number of nitrogens with zero attached hydrogens (tertiary/aromatic N) is 2. The third kappa shape index (κ3) is 4.19. The molecule has 0 spiro atoms. The van der Waals surface area contributed by atoms with Gasteiger partial charge >= 0.3 is 5.97 Å². The van der Waals surface area contributed by atoms with Gasteiger partial charge in [0, 0.05) is 28.7 Å². The van der Waals surface area contributed by atoms with E-state index in [0.717, 1.165) is 0 Å². The van der Waals surface area contributed by atoms with Crippen LogP contribution in [-0.4, -0.2) is 58.4 Å². The normalized spacial score (nSPS) is 17.0. The number of hydrogen-bond acceptors (Lipinski definition) is 3. The van der Waals surface area contributed by atoms with Gasteiger partial charge in [0.2, 0.25) is 5.91 Å². The maximum absolute atomic E-state index is 12.7. The fraction of sp³-hybridized carbons (Fsp3) is 0.438.